The molecule has 3 heterocycles. The molecule has 152 valence electrons. The van der Waals surface area contributed by atoms with Crippen LogP contribution in [0.2, 0.25) is 0 Å². The van der Waals surface area contributed by atoms with Crippen LogP contribution in [0.15, 0.2) is 42.6 Å². The van der Waals surface area contributed by atoms with Crippen molar-refractivity contribution in [1.82, 2.24) is 15.6 Å². The van der Waals surface area contributed by atoms with Crippen molar-refractivity contribution in [1.29, 1.82) is 0 Å². The van der Waals surface area contributed by atoms with Gasteiger partial charge in [0, 0.05) is 50.2 Å². The number of nitrogens with zero attached hydrogens (tertiary/aromatic N) is 3. The molecule has 0 bridgehead atoms. The van der Waals surface area contributed by atoms with Crippen molar-refractivity contribution >= 4 is 23.5 Å². The molecule has 2 aliphatic heterocycles. The second-order valence-electron chi connectivity index (χ2n) is 7.26. The maximum absolute atomic E-state index is 12.2. The summed E-state index contributed by atoms with van der Waals surface area (Å²) in [7, 11) is 0. The Morgan fingerprint density at radius 2 is 1.93 bits per heavy atom. The first-order valence-electron chi connectivity index (χ1n) is 9.82. The molecular weight excluding hydrogens is 370 g/mol. The lowest BCUT2D eigenvalue weighted by molar-refractivity contribution is -0.122. The monoisotopic (exact) mass is 395 g/mol. The van der Waals surface area contributed by atoms with Crippen LogP contribution < -0.4 is 20.4 Å². The molecule has 0 saturated carbocycles. The Morgan fingerprint density at radius 3 is 2.66 bits per heavy atom. The lowest BCUT2D eigenvalue weighted by Gasteiger charge is -2.38. The predicted molar refractivity (Wildman–Crippen MR) is 110 cm³/mol. The lowest BCUT2D eigenvalue weighted by Crippen LogP contribution is -2.47. The van der Waals surface area contributed by atoms with Crippen LogP contribution in [-0.2, 0) is 16.1 Å². The molecule has 2 N–H and O–H groups in total. The fraction of sp³-hybridized carbons (Fsp3) is 0.381. The fourth-order valence-corrected chi connectivity index (χ4v) is 3.76. The topological polar surface area (TPSA) is 86.8 Å². The molecule has 2 amide bonds. The Labute approximate surface area is 169 Å². The number of ether oxygens (including phenoxy) is 1. The summed E-state index contributed by atoms with van der Waals surface area (Å²) in [4.78, 5) is 32.6. The zero-order valence-corrected chi connectivity index (χ0v) is 16.4. The third kappa shape index (κ3) is 4.26. The molecule has 1 unspecified atom stereocenters. The van der Waals surface area contributed by atoms with E-state index in [1.807, 2.05) is 12.1 Å². The number of aryl methyl sites for hydroxylation is 1. The molecule has 1 aromatic carbocycles. The van der Waals surface area contributed by atoms with Crippen LogP contribution >= 0.6 is 0 Å². The van der Waals surface area contributed by atoms with Gasteiger partial charge in [-0.05, 0) is 24.6 Å². The SMILES string of the molecule is Cc1ccccc1N1CCN(c2ncccc2CNC(=O)C2COC(=O)N2)CC1. The fourth-order valence-electron chi connectivity index (χ4n) is 3.76. The molecule has 8 nitrogen and oxygen atoms in total. The Kier molecular flexibility index (Phi) is 5.50. The van der Waals surface area contributed by atoms with Gasteiger partial charge in [0.15, 0.2) is 0 Å². The lowest BCUT2D eigenvalue weighted by atomic mass is 10.1. The van der Waals surface area contributed by atoms with Gasteiger partial charge in [0.25, 0.3) is 0 Å². The van der Waals surface area contributed by atoms with Gasteiger partial charge in [-0.1, -0.05) is 24.3 Å². The highest BCUT2D eigenvalue weighted by molar-refractivity contribution is 5.87. The molecule has 8 heteroatoms. The zero-order chi connectivity index (χ0) is 20.2. The van der Waals surface area contributed by atoms with E-state index in [0.29, 0.717) is 6.54 Å². The largest absolute Gasteiger partial charge is 0.447 e. The minimum absolute atomic E-state index is 0.0609. The van der Waals surface area contributed by atoms with Crippen molar-refractivity contribution in [2.75, 3.05) is 42.6 Å². The van der Waals surface area contributed by atoms with Crippen LogP contribution in [-0.4, -0.2) is 55.8 Å². The van der Waals surface area contributed by atoms with Gasteiger partial charge in [0.2, 0.25) is 5.91 Å². The maximum atomic E-state index is 12.2. The van der Waals surface area contributed by atoms with Crippen LogP contribution in [0.5, 0.6) is 0 Å². The summed E-state index contributed by atoms with van der Waals surface area (Å²) < 4.78 is 4.78. The zero-order valence-electron chi connectivity index (χ0n) is 16.4. The molecule has 0 radical (unpaired) electrons. The van der Waals surface area contributed by atoms with Gasteiger partial charge in [-0.25, -0.2) is 9.78 Å². The number of carbonyl (C=O) groups is 2. The molecule has 1 atom stereocenters. The van der Waals surface area contributed by atoms with Gasteiger partial charge in [-0.15, -0.1) is 0 Å². The quantitative estimate of drug-likeness (QED) is 0.797. The van der Waals surface area contributed by atoms with Gasteiger partial charge >= 0.3 is 6.09 Å². The van der Waals surface area contributed by atoms with Crippen molar-refractivity contribution in [3.05, 3.63) is 53.7 Å². The molecule has 2 fully saturated rings. The number of pyridine rings is 1. The number of piperazine rings is 1. The Bertz CT molecular complexity index is 895. The second-order valence-corrected chi connectivity index (χ2v) is 7.26. The molecule has 29 heavy (non-hydrogen) atoms. The summed E-state index contributed by atoms with van der Waals surface area (Å²) >= 11 is 0. The van der Waals surface area contributed by atoms with Gasteiger partial charge in [0.1, 0.15) is 18.5 Å². The molecule has 2 saturated heterocycles. The molecule has 2 aromatic rings. The van der Waals surface area contributed by atoms with Crippen molar-refractivity contribution in [2.45, 2.75) is 19.5 Å². The summed E-state index contributed by atoms with van der Waals surface area (Å²) in [5, 5.41) is 5.36. The predicted octanol–water partition coefficient (Wildman–Crippen LogP) is 1.44. The van der Waals surface area contributed by atoms with Gasteiger partial charge in [-0.3, -0.25) is 4.79 Å². The van der Waals surface area contributed by atoms with Gasteiger partial charge < -0.3 is 25.2 Å². The molecule has 0 aliphatic carbocycles. The third-order valence-corrected chi connectivity index (χ3v) is 5.35. The van der Waals surface area contributed by atoms with Crippen molar-refractivity contribution in [2.24, 2.45) is 0 Å². The Balaban J connectivity index is 1.38. The van der Waals surface area contributed by atoms with E-state index in [1.54, 1.807) is 6.20 Å². The van der Waals surface area contributed by atoms with E-state index in [9.17, 15) is 9.59 Å². The molecule has 2 aliphatic rings. The number of aromatic nitrogens is 1. The van der Waals surface area contributed by atoms with E-state index >= 15 is 0 Å². The third-order valence-electron chi connectivity index (χ3n) is 5.35. The van der Waals surface area contributed by atoms with E-state index in [0.717, 1.165) is 37.6 Å². The number of alkyl carbamates (subject to hydrolysis) is 1. The number of benzene rings is 1. The van der Waals surface area contributed by atoms with Crippen LogP contribution in [0.4, 0.5) is 16.3 Å². The average molecular weight is 395 g/mol. The summed E-state index contributed by atoms with van der Waals surface area (Å²) in [5.74, 6) is 0.638. The number of hydrogen-bond acceptors (Lipinski definition) is 6. The Morgan fingerprint density at radius 1 is 1.17 bits per heavy atom. The average Bonchev–Trinajstić information content (AvgIpc) is 3.19. The van der Waals surface area contributed by atoms with E-state index in [4.69, 9.17) is 4.74 Å². The number of amides is 2. The number of nitrogens with one attached hydrogen (secondary N) is 2. The highest BCUT2D eigenvalue weighted by atomic mass is 16.6. The van der Waals surface area contributed by atoms with E-state index < -0.39 is 12.1 Å². The van der Waals surface area contributed by atoms with Crippen LogP contribution in [0, 0.1) is 6.92 Å². The first-order valence-corrected chi connectivity index (χ1v) is 9.82. The molecular formula is C21H25N5O3. The van der Waals surface area contributed by atoms with Gasteiger partial charge in [-0.2, -0.15) is 0 Å². The first kappa shape index (κ1) is 19.0. The number of para-hydroxylation sites is 1. The number of anilines is 2. The van der Waals surface area contributed by atoms with Crippen LogP contribution in [0.1, 0.15) is 11.1 Å². The minimum atomic E-state index is -0.639. The second kappa shape index (κ2) is 8.38. The molecule has 1 aromatic heterocycles. The van der Waals surface area contributed by atoms with Crippen molar-refractivity contribution < 1.29 is 14.3 Å². The highest BCUT2D eigenvalue weighted by Gasteiger charge is 2.29. The van der Waals surface area contributed by atoms with E-state index in [2.05, 4.69) is 56.6 Å². The highest BCUT2D eigenvalue weighted by Crippen LogP contribution is 2.24. The maximum Gasteiger partial charge on any atom is 0.407 e. The smallest absolute Gasteiger partial charge is 0.407 e. The molecule has 0 spiro atoms. The van der Waals surface area contributed by atoms with E-state index in [-0.39, 0.29) is 12.5 Å². The minimum Gasteiger partial charge on any atom is -0.447 e. The van der Waals surface area contributed by atoms with Crippen molar-refractivity contribution in [3.8, 4) is 0 Å². The summed E-state index contributed by atoms with van der Waals surface area (Å²) in [6, 6.07) is 11.6. The van der Waals surface area contributed by atoms with Gasteiger partial charge in [0.05, 0.1) is 0 Å². The number of hydrogen-bond donors (Lipinski definition) is 2. The summed E-state index contributed by atoms with van der Waals surface area (Å²) in [5.41, 5.74) is 3.52. The van der Waals surface area contributed by atoms with Crippen LogP contribution in [0.25, 0.3) is 0 Å². The normalized spacial score (nSPS) is 18.9. The van der Waals surface area contributed by atoms with Crippen molar-refractivity contribution in [3.63, 3.8) is 0 Å². The summed E-state index contributed by atoms with van der Waals surface area (Å²) in [6.45, 7) is 6.10. The van der Waals surface area contributed by atoms with E-state index in [1.165, 1.54) is 11.3 Å². The number of rotatable bonds is 5. The number of carbonyl (C=O) groups excluding carboxylic acids is 2. The first-order chi connectivity index (χ1) is 14.1. The molecule has 4 rings (SSSR count). The van der Waals surface area contributed by atoms with Crippen LogP contribution in [0.3, 0.4) is 0 Å². The number of cyclic esters (lactones) is 1. The standard InChI is InChI=1S/C21H25N5O3/c1-15-5-2-3-7-18(15)25-9-11-26(12-10-25)19-16(6-4-8-22-19)13-23-20(27)17-14-29-21(28)24-17/h2-8,17H,9-14H2,1H3,(H,23,27)(H,24,28). The Hall–Kier alpha value is -3.29. The summed E-state index contributed by atoms with van der Waals surface area (Å²) in [6.07, 6.45) is 1.22.